The van der Waals surface area contributed by atoms with E-state index in [9.17, 15) is 0 Å². The molecule has 0 atom stereocenters. The van der Waals surface area contributed by atoms with Gasteiger partial charge in [-0.2, -0.15) is 0 Å². The summed E-state index contributed by atoms with van der Waals surface area (Å²) in [5.41, 5.74) is 9.16. The molecule has 0 aromatic rings. The minimum atomic E-state index is 0.856. The van der Waals surface area contributed by atoms with Crippen molar-refractivity contribution in [3.63, 3.8) is 0 Å². The lowest BCUT2D eigenvalue weighted by Crippen LogP contribution is -2.50. The molecule has 0 unspecified atom stereocenters. The Bertz CT molecular complexity index is 47.2. The summed E-state index contributed by atoms with van der Waals surface area (Å²) >= 11 is 0. The van der Waals surface area contributed by atoms with E-state index in [4.69, 9.17) is 5.73 Å². The average Bonchev–Trinajstić information content (AvgIpc) is 1.97. The number of quaternary nitrogens is 1. The summed E-state index contributed by atoms with van der Waals surface area (Å²) in [6, 6.07) is 0. The van der Waals surface area contributed by atoms with Crippen LogP contribution in [0.4, 0.5) is 0 Å². The fourth-order valence-corrected chi connectivity index (χ4v) is 1.03. The third-order valence-corrected chi connectivity index (χ3v) is 1.70. The molecule has 0 aromatic carbocycles. The maximum atomic E-state index is 5.36. The van der Waals surface area contributed by atoms with Gasteiger partial charge in [0.2, 0.25) is 0 Å². The van der Waals surface area contributed by atoms with Gasteiger partial charge in [0.25, 0.3) is 0 Å². The van der Waals surface area contributed by atoms with Gasteiger partial charge >= 0.3 is 0 Å². The van der Waals surface area contributed by atoms with Crippen LogP contribution in [-0.2, 0) is 0 Å². The smallest absolute Gasteiger partial charge is 0.0739 e. The highest BCUT2D eigenvalue weighted by atomic mass is 14.5. The molecule has 0 fully saturated rings. The van der Waals surface area contributed by atoms with Crippen molar-refractivity contribution in [3.8, 4) is 0 Å². The first kappa shape index (κ1) is 9.92. The molecule has 0 amide bonds. The number of hydrogen-bond acceptors (Lipinski definition) is 1. The second kappa shape index (κ2) is 8.92. The van der Waals surface area contributed by atoms with Gasteiger partial charge in [-0.05, 0) is 25.8 Å². The Balaban J connectivity index is 2.65. The second-order valence-electron chi connectivity index (χ2n) is 2.76. The van der Waals surface area contributed by atoms with Crippen molar-refractivity contribution < 1.29 is 5.73 Å². The largest absolute Gasteiger partial charge is 0.358 e. The zero-order chi connectivity index (χ0) is 7.66. The van der Waals surface area contributed by atoms with Crippen LogP contribution in [0, 0.1) is 0 Å². The topological polar surface area (TPSA) is 53.7 Å². The summed E-state index contributed by atoms with van der Waals surface area (Å²) in [6.45, 7) is 1.95. The fourth-order valence-electron chi connectivity index (χ4n) is 1.03. The Morgan fingerprint density at radius 2 is 1.30 bits per heavy atom. The van der Waals surface area contributed by atoms with Crippen LogP contribution in [0.5, 0.6) is 0 Å². The highest BCUT2D eigenvalue weighted by Gasteiger charge is 1.88. The lowest BCUT2D eigenvalue weighted by atomic mass is 10.1. The van der Waals surface area contributed by atoms with Crippen LogP contribution in [0.3, 0.4) is 0 Å². The average molecular weight is 145 g/mol. The highest BCUT2D eigenvalue weighted by Crippen LogP contribution is 2.03. The molecule has 62 valence electrons. The van der Waals surface area contributed by atoms with E-state index in [1.165, 1.54) is 38.5 Å². The maximum absolute atomic E-state index is 5.36. The fraction of sp³-hybridized carbons (Fsp3) is 1.00. The maximum Gasteiger partial charge on any atom is 0.0739 e. The number of rotatable bonds is 7. The molecule has 0 spiro atoms. The molecule has 0 rings (SSSR count). The third kappa shape index (κ3) is 7.92. The molecular formula is C8H21N2+. The monoisotopic (exact) mass is 145 g/mol. The lowest BCUT2D eigenvalue weighted by molar-refractivity contribution is -0.368. The van der Waals surface area contributed by atoms with Gasteiger partial charge in [-0.15, -0.1) is 0 Å². The molecule has 0 heterocycles. The van der Waals surface area contributed by atoms with Gasteiger partial charge in [-0.3, -0.25) is 0 Å². The van der Waals surface area contributed by atoms with Gasteiger partial charge in [0.1, 0.15) is 0 Å². The first-order chi connectivity index (χ1) is 4.91. The number of hydrogen-bond donors (Lipinski definition) is 2. The van der Waals surface area contributed by atoms with Crippen molar-refractivity contribution in [1.29, 1.82) is 0 Å². The van der Waals surface area contributed by atoms with Crippen LogP contribution in [0.15, 0.2) is 0 Å². The molecule has 0 aliphatic heterocycles. The number of nitrogens with two attached hydrogens (primary N) is 1. The third-order valence-electron chi connectivity index (χ3n) is 1.70. The van der Waals surface area contributed by atoms with Crippen molar-refractivity contribution >= 4 is 0 Å². The molecule has 0 saturated carbocycles. The minimum Gasteiger partial charge on any atom is -0.358 e. The van der Waals surface area contributed by atoms with Crippen molar-refractivity contribution in [2.24, 2.45) is 5.73 Å². The van der Waals surface area contributed by atoms with Crippen LogP contribution in [0.25, 0.3) is 0 Å². The van der Waals surface area contributed by atoms with Crippen LogP contribution >= 0.6 is 0 Å². The second-order valence-corrected chi connectivity index (χ2v) is 2.76. The normalized spacial score (nSPS) is 10.2. The molecule has 0 radical (unpaired) electrons. The Labute approximate surface area is 64.0 Å². The van der Waals surface area contributed by atoms with E-state index >= 15 is 0 Å². The van der Waals surface area contributed by atoms with Crippen molar-refractivity contribution in [2.45, 2.75) is 38.5 Å². The Morgan fingerprint density at radius 1 is 0.800 bits per heavy atom. The van der Waals surface area contributed by atoms with Gasteiger partial charge in [-0.1, -0.05) is 19.3 Å². The van der Waals surface area contributed by atoms with E-state index in [2.05, 4.69) is 5.73 Å². The molecule has 0 bridgehead atoms. The van der Waals surface area contributed by atoms with Crippen molar-refractivity contribution in [1.82, 2.24) is 0 Å². The zero-order valence-corrected chi connectivity index (χ0v) is 6.94. The summed E-state index contributed by atoms with van der Waals surface area (Å²) < 4.78 is 0. The molecular weight excluding hydrogens is 124 g/mol. The van der Waals surface area contributed by atoms with Crippen molar-refractivity contribution in [3.05, 3.63) is 0 Å². The van der Waals surface area contributed by atoms with Gasteiger partial charge in [0.15, 0.2) is 0 Å². The summed E-state index contributed by atoms with van der Waals surface area (Å²) in [5, 5.41) is 0. The molecule has 0 aliphatic rings. The Hall–Kier alpha value is -0.0800. The summed E-state index contributed by atoms with van der Waals surface area (Å²) in [5.74, 6) is 0. The van der Waals surface area contributed by atoms with Gasteiger partial charge in [0, 0.05) is 0 Å². The van der Waals surface area contributed by atoms with E-state index < -0.39 is 0 Å². The first-order valence-electron chi connectivity index (χ1n) is 4.41. The van der Waals surface area contributed by atoms with E-state index in [1.807, 2.05) is 0 Å². The quantitative estimate of drug-likeness (QED) is 0.504. The van der Waals surface area contributed by atoms with Crippen LogP contribution in [0.2, 0.25) is 0 Å². The summed E-state index contributed by atoms with van der Waals surface area (Å²) in [4.78, 5) is 0. The summed E-state index contributed by atoms with van der Waals surface area (Å²) in [7, 11) is 0. The molecule has 2 heteroatoms. The van der Waals surface area contributed by atoms with E-state index in [0.29, 0.717) is 0 Å². The Kier molecular flexibility index (Phi) is 8.85. The van der Waals surface area contributed by atoms with Crippen LogP contribution < -0.4 is 11.5 Å². The SMILES string of the molecule is NCCCCCCCC[NH3+]. The van der Waals surface area contributed by atoms with E-state index in [0.717, 1.165) is 13.1 Å². The Morgan fingerprint density at radius 3 is 1.80 bits per heavy atom. The van der Waals surface area contributed by atoms with Gasteiger partial charge in [-0.25, -0.2) is 0 Å². The zero-order valence-electron chi connectivity index (χ0n) is 6.94. The van der Waals surface area contributed by atoms with Crippen LogP contribution in [-0.4, -0.2) is 13.1 Å². The molecule has 10 heavy (non-hydrogen) atoms. The number of unbranched alkanes of at least 4 members (excludes halogenated alkanes) is 5. The highest BCUT2D eigenvalue weighted by molar-refractivity contribution is 4.44. The minimum absolute atomic E-state index is 0.856. The molecule has 0 saturated heterocycles. The summed E-state index contributed by atoms with van der Waals surface area (Å²) in [6.07, 6.45) is 7.89. The van der Waals surface area contributed by atoms with Crippen LogP contribution in [0.1, 0.15) is 38.5 Å². The van der Waals surface area contributed by atoms with E-state index in [-0.39, 0.29) is 0 Å². The first-order valence-corrected chi connectivity index (χ1v) is 4.41. The predicted molar refractivity (Wildman–Crippen MR) is 44.5 cm³/mol. The van der Waals surface area contributed by atoms with Gasteiger partial charge < -0.3 is 11.5 Å². The molecule has 5 N–H and O–H groups in total. The molecule has 2 nitrogen and oxygen atoms in total. The van der Waals surface area contributed by atoms with Crippen molar-refractivity contribution in [2.75, 3.05) is 13.1 Å². The molecule has 0 aliphatic carbocycles. The standard InChI is InChI=1S/C8H20N2/c9-7-5-3-1-2-4-6-8-10/h1-10H2/p+1. The molecule has 0 aromatic heterocycles. The lowest BCUT2D eigenvalue weighted by Gasteiger charge is -1.97. The predicted octanol–water partition coefficient (Wildman–Crippen LogP) is 0.528. The van der Waals surface area contributed by atoms with Gasteiger partial charge in [0.05, 0.1) is 6.54 Å². The van der Waals surface area contributed by atoms with E-state index in [1.54, 1.807) is 0 Å².